The molecule has 0 aliphatic rings. The number of carbonyl (C=O) groups is 1. The van der Waals surface area contributed by atoms with E-state index in [2.05, 4.69) is 17.7 Å². The van der Waals surface area contributed by atoms with E-state index in [0.717, 1.165) is 11.5 Å². The molecule has 0 aliphatic carbocycles. The highest BCUT2D eigenvalue weighted by Crippen LogP contribution is 2.14. The molecule has 2 N–H and O–H groups in total. The Morgan fingerprint density at radius 3 is 2.43 bits per heavy atom. The molecule has 2 rings (SSSR count). The van der Waals surface area contributed by atoms with E-state index in [1.165, 1.54) is 21.6 Å². The lowest BCUT2D eigenvalue weighted by Gasteiger charge is -1.89. The highest BCUT2D eigenvalue weighted by Gasteiger charge is 2.22. The Kier molecular flexibility index (Phi) is 5.65. The number of aryl methyl sites for hydroxylation is 1. The number of aromatic nitrogens is 2. The second kappa shape index (κ2) is 7.22. The van der Waals surface area contributed by atoms with E-state index in [-0.39, 0.29) is 5.69 Å². The summed E-state index contributed by atoms with van der Waals surface area (Å²) in [4.78, 5) is 21.5. The van der Waals surface area contributed by atoms with E-state index in [9.17, 15) is 14.9 Å². The van der Waals surface area contributed by atoms with Gasteiger partial charge in [-0.15, -0.1) is 0 Å². The second-order valence-electron chi connectivity index (χ2n) is 3.61. The third-order valence-electron chi connectivity index (χ3n) is 2.25. The molecule has 1 aromatic carbocycles. The van der Waals surface area contributed by atoms with Crippen LogP contribution in [0.4, 0.5) is 5.69 Å². The fraction of sp³-hybridized carbons (Fsp3) is 0.0909. The zero-order valence-electron chi connectivity index (χ0n) is 10.7. The summed E-state index contributed by atoms with van der Waals surface area (Å²) in [6.07, 6.45) is 0. The van der Waals surface area contributed by atoms with Crippen LogP contribution in [-0.2, 0) is 12.6 Å². The van der Waals surface area contributed by atoms with Gasteiger partial charge >= 0.3 is 0 Å². The van der Waals surface area contributed by atoms with Crippen molar-refractivity contribution < 1.29 is 13.8 Å². The first-order valence-electron chi connectivity index (χ1n) is 5.36. The molecule has 0 saturated carbocycles. The maximum Gasteiger partial charge on any atom is 0.269 e. The van der Waals surface area contributed by atoms with Gasteiger partial charge in [0.2, 0.25) is 0 Å². The SMILES string of the molecule is Cc1n[n+](-c2ccc([N+](=O)[O-])cc2)sc1C(N)=O.N#C[S-]. The Morgan fingerprint density at radius 1 is 1.52 bits per heavy atom. The first kappa shape index (κ1) is 16.4. The zero-order chi connectivity index (χ0) is 16.0. The van der Waals surface area contributed by atoms with E-state index in [0.29, 0.717) is 16.3 Å². The number of nitro groups is 1. The lowest BCUT2D eigenvalue weighted by Crippen LogP contribution is -2.28. The van der Waals surface area contributed by atoms with Crippen LogP contribution in [-0.4, -0.2) is 15.9 Å². The fourth-order valence-corrected chi connectivity index (χ4v) is 2.22. The van der Waals surface area contributed by atoms with E-state index in [4.69, 9.17) is 11.0 Å². The van der Waals surface area contributed by atoms with Gasteiger partial charge in [0.15, 0.2) is 16.4 Å². The number of rotatable bonds is 3. The molecule has 1 heterocycles. The van der Waals surface area contributed by atoms with Crippen LogP contribution in [0.15, 0.2) is 24.3 Å². The topological polar surface area (TPSA) is 127 Å². The van der Waals surface area contributed by atoms with Crippen LogP contribution in [0.5, 0.6) is 0 Å². The molecule has 1 amide bonds. The number of nitriles is 1. The van der Waals surface area contributed by atoms with E-state index in [1.807, 2.05) is 0 Å². The number of benzene rings is 1. The zero-order valence-corrected chi connectivity index (χ0v) is 12.3. The minimum absolute atomic E-state index is 0.00255. The van der Waals surface area contributed by atoms with Crippen molar-refractivity contribution in [2.45, 2.75) is 6.92 Å². The fourth-order valence-electron chi connectivity index (χ4n) is 1.39. The van der Waals surface area contributed by atoms with Gasteiger partial charge in [0.25, 0.3) is 17.3 Å². The van der Waals surface area contributed by atoms with Gasteiger partial charge in [-0.05, 0) is 6.92 Å². The highest BCUT2D eigenvalue weighted by molar-refractivity contribution is 7.64. The van der Waals surface area contributed by atoms with Gasteiger partial charge in [-0.25, -0.2) is 5.26 Å². The number of nitrogens with zero attached hydrogens (tertiary/aromatic N) is 4. The van der Waals surface area contributed by atoms with Crippen molar-refractivity contribution in [1.82, 2.24) is 5.10 Å². The quantitative estimate of drug-likeness (QED) is 0.292. The largest absolute Gasteiger partial charge is 0.696 e. The Hall–Kier alpha value is -2.64. The molecule has 0 saturated heterocycles. The van der Waals surface area contributed by atoms with Crippen LogP contribution in [0.1, 0.15) is 15.4 Å². The average Bonchev–Trinajstić information content (AvgIpc) is 2.82. The lowest BCUT2D eigenvalue weighted by atomic mass is 10.3. The van der Waals surface area contributed by atoms with Crippen LogP contribution in [0.3, 0.4) is 0 Å². The third kappa shape index (κ3) is 4.16. The van der Waals surface area contributed by atoms with Gasteiger partial charge in [0.1, 0.15) is 5.69 Å². The van der Waals surface area contributed by atoms with Gasteiger partial charge in [0.05, 0.1) is 4.92 Å². The Morgan fingerprint density at radius 2 is 2.05 bits per heavy atom. The predicted molar refractivity (Wildman–Crippen MR) is 76.5 cm³/mol. The standard InChI is InChI=1S/C10H8N4O3S.CHNS/c1-6-9(10(11)15)18-13(12-6)7-2-4-8(5-3-7)14(16)17;2-1-3/h2-5H,1H3,(H-,11,15);3H. The molecule has 8 nitrogen and oxygen atoms in total. The van der Waals surface area contributed by atoms with Gasteiger partial charge in [-0.2, -0.15) is 0 Å². The molecule has 0 aliphatic heterocycles. The number of non-ortho nitro benzene ring substituents is 1. The lowest BCUT2D eigenvalue weighted by molar-refractivity contribution is -0.588. The van der Waals surface area contributed by atoms with Crippen LogP contribution >= 0.6 is 11.5 Å². The molecule has 0 fully saturated rings. The molecule has 0 atom stereocenters. The summed E-state index contributed by atoms with van der Waals surface area (Å²) in [6.45, 7) is 1.68. The first-order valence-corrected chi connectivity index (χ1v) is 6.55. The van der Waals surface area contributed by atoms with Gasteiger partial charge in [-0.3, -0.25) is 14.9 Å². The Labute approximate surface area is 129 Å². The van der Waals surface area contributed by atoms with E-state index in [1.54, 1.807) is 19.1 Å². The van der Waals surface area contributed by atoms with Crippen molar-refractivity contribution in [2.24, 2.45) is 5.73 Å². The van der Waals surface area contributed by atoms with Gasteiger partial charge in [0, 0.05) is 33.4 Å². The number of nitrogens with two attached hydrogens (primary N) is 1. The van der Waals surface area contributed by atoms with Crippen molar-refractivity contribution in [3.05, 3.63) is 45.0 Å². The summed E-state index contributed by atoms with van der Waals surface area (Å²) in [5, 5.41) is 23.1. The van der Waals surface area contributed by atoms with Gasteiger partial charge < -0.3 is 18.4 Å². The molecule has 1 aromatic heterocycles. The van der Waals surface area contributed by atoms with Crippen molar-refractivity contribution in [1.29, 1.82) is 5.26 Å². The molecule has 0 spiro atoms. The summed E-state index contributed by atoms with van der Waals surface area (Å²) in [5.74, 6) is -0.536. The minimum atomic E-state index is -0.536. The molecule has 108 valence electrons. The van der Waals surface area contributed by atoms with Gasteiger partial charge in [-0.1, -0.05) is 5.40 Å². The molecule has 21 heavy (non-hydrogen) atoms. The number of primary amides is 1. The smallest absolute Gasteiger partial charge is 0.269 e. The van der Waals surface area contributed by atoms with Crippen molar-refractivity contribution >= 4 is 35.8 Å². The molecule has 0 unspecified atom stereocenters. The number of nitro benzene ring substituents is 1. The van der Waals surface area contributed by atoms with Crippen LogP contribution in [0.2, 0.25) is 0 Å². The van der Waals surface area contributed by atoms with E-state index >= 15 is 0 Å². The van der Waals surface area contributed by atoms with Crippen LogP contribution in [0.25, 0.3) is 5.69 Å². The third-order valence-corrected chi connectivity index (χ3v) is 3.40. The second-order valence-corrected chi connectivity index (χ2v) is 4.73. The van der Waals surface area contributed by atoms with Crippen molar-refractivity contribution in [3.8, 4) is 11.1 Å². The van der Waals surface area contributed by atoms with Crippen molar-refractivity contribution in [2.75, 3.05) is 0 Å². The predicted octanol–water partition coefficient (Wildman–Crippen LogP) is 0.750. The summed E-state index contributed by atoms with van der Waals surface area (Å²) in [6, 6.07) is 5.88. The van der Waals surface area contributed by atoms with Crippen molar-refractivity contribution in [3.63, 3.8) is 0 Å². The average molecular weight is 323 g/mol. The number of hydrogen-bond acceptors (Lipinski definition) is 7. The number of hydrogen-bond donors (Lipinski definition) is 1. The molecular formula is C11H9N5O3S2. The number of amides is 1. The van der Waals surface area contributed by atoms with E-state index < -0.39 is 10.8 Å². The Bertz CT molecular complexity index is 706. The first-order chi connectivity index (χ1) is 9.90. The summed E-state index contributed by atoms with van der Waals surface area (Å²) in [7, 11) is 0. The summed E-state index contributed by atoms with van der Waals surface area (Å²) < 4.78 is 1.50. The normalized spacial score (nSPS) is 9.14. The molecular weight excluding hydrogens is 314 g/mol. The highest BCUT2D eigenvalue weighted by atomic mass is 32.1. The molecule has 2 aromatic rings. The maximum atomic E-state index is 11.1. The monoisotopic (exact) mass is 323 g/mol. The maximum absolute atomic E-state index is 11.1. The summed E-state index contributed by atoms with van der Waals surface area (Å²) >= 11 is 4.80. The minimum Gasteiger partial charge on any atom is -0.696 e. The molecule has 10 heteroatoms. The summed E-state index contributed by atoms with van der Waals surface area (Å²) in [5.41, 5.74) is 6.37. The Balaban J connectivity index is 0.000000677. The number of thiocyanates is 1. The molecule has 0 bridgehead atoms. The molecule has 0 radical (unpaired) electrons. The van der Waals surface area contributed by atoms with Crippen LogP contribution < -0.4 is 9.81 Å². The van der Waals surface area contributed by atoms with Crippen LogP contribution in [0, 0.1) is 27.7 Å². The number of carbonyl (C=O) groups excluding carboxylic acids is 1.